The highest BCUT2D eigenvalue weighted by Gasteiger charge is 2.35. The number of hydrogen-bond acceptors (Lipinski definition) is 7. The SMILES string of the molecule is CCOc1ccccc1N1C(=O)/C(=C\c2ccc(OC)c(CSc3nc(C(F)(F)F)cc(-c4ccccc4)c3C#N)c2)NC1=S. The fourth-order valence-electron chi connectivity index (χ4n) is 4.71. The lowest BCUT2D eigenvalue weighted by atomic mass is 10.0. The van der Waals surface area contributed by atoms with Crippen LogP contribution in [0.15, 0.2) is 89.6 Å². The van der Waals surface area contributed by atoms with Crippen LogP contribution < -0.4 is 19.7 Å². The number of pyridine rings is 1. The number of anilines is 1. The smallest absolute Gasteiger partial charge is 0.433 e. The van der Waals surface area contributed by atoms with Crippen LogP contribution in [0.4, 0.5) is 18.9 Å². The zero-order chi connectivity index (χ0) is 32.1. The summed E-state index contributed by atoms with van der Waals surface area (Å²) in [4.78, 5) is 18.6. The topological polar surface area (TPSA) is 87.5 Å². The molecular formula is C33H25F3N4O3S2. The number of carbonyl (C=O) groups is 1. The molecule has 5 rings (SSSR count). The quantitative estimate of drug-likeness (QED) is 0.113. The number of nitriles is 1. The number of carbonyl (C=O) groups excluding carboxylic acids is 1. The minimum Gasteiger partial charge on any atom is -0.496 e. The van der Waals surface area contributed by atoms with Crippen LogP contribution in [-0.2, 0) is 16.7 Å². The zero-order valence-corrected chi connectivity index (χ0v) is 25.6. The maximum atomic E-state index is 13.8. The second kappa shape index (κ2) is 13.4. The third-order valence-corrected chi connectivity index (χ3v) is 8.05. The van der Waals surface area contributed by atoms with E-state index in [2.05, 4.69) is 10.3 Å². The first-order valence-electron chi connectivity index (χ1n) is 13.6. The van der Waals surface area contributed by atoms with Crippen LogP contribution in [-0.4, -0.2) is 29.7 Å². The normalized spacial score (nSPS) is 14.0. The molecule has 1 N–H and O–H groups in total. The number of benzene rings is 3. The number of amides is 1. The van der Waals surface area contributed by atoms with Crippen molar-refractivity contribution in [2.24, 2.45) is 0 Å². The summed E-state index contributed by atoms with van der Waals surface area (Å²) in [6.07, 6.45) is -3.09. The van der Waals surface area contributed by atoms with E-state index in [0.29, 0.717) is 40.5 Å². The maximum absolute atomic E-state index is 13.8. The number of hydrogen-bond donors (Lipinski definition) is 1. The van der Waals surface area contributed by atoms with Crippen molar-refractivity contribution in [3.63, 3.8) is 0 Å². The molecule has 0 saturated carbocycles. The van der Waals surface area contributed by atoms with E-state index in [1.54, 1.807) is 78.9 Å². The molecule has 12 heteroatoms. The molecule has 0 bridgehead atoms. The van der Waals surface area contributed by atoms with Crippen molar-refractivity contribution in [1.82, 2.24) is 10.3 Å². The van der Waals surface area contributed by atoms with Crippen molar-refractivity contribution in [3.05, 3.63) is 107 Å². The molecule has 0 unspecified atom stereocenters. The number of halogens is 3. The van der Waals surface area contributed by atoms with E-state index >= 15 is 0 Å². The molecule has 1 aliphatic rings. The van der Waals surface area contributed by atoms with E-state index in [1.807, 2.05) is 13.0 Å². The van der Waals surface area contributed by atoms with Gasteiger partial charge in [-0.05, 0) is 66.7 Å². The van der Waals surface area contributed by atoms with Gasteiger partial charge < -0.3 is 14.8 Å². The van der Waals surface area contributed by atoms with Crippen LogP contribution in [0.1, 0.15) is 29.3 Å². The number of thioether (sulfide) groups is 1. The molecule has 2 heterocycles. The van der Waals surface area contributed by atoms with Crippen molar-refractivity contribution >= 4 is 46.8 Å². The highest BCUT2D eigenvalue weighted by Crippen LogP contribution is 2.39. The second-order valence-electron chi connectivity index (χ2n) is 9.60. The summed E-state index contributed by atoms with van der Waals surface area (Å²) in [5.41, 5.74) is 1.54. The zero-order valence-electron chi connectivity index (χ0n) is 24.0. The molecule has 0 atom stereocenters. The van der Waals surface area contributed by atoms with Gasteiger partial charge in [0, 0.05) is 16.9 Å². The molecule has 1 amide bonds. The number of nitrogens with zero attached hydrogens (tertiary/aromatic N) is 3. The Labute approximate surface area is 267 Å². The number of thiocarbonyl (C=S) groups is 1. The molecule has 1 fully saturated rings. The molecule has 1 saturated heterocycles. The molecule has 7 nitrogen and oxygen atoms in total. The molecule has 45 heavy (non-hydrogen) atoms. The number of nitrogens with one attached hydrogen (secondary N) is 1. The second-order valence-corrected chi connectivity index (χ2v) is 11.0. The van der Waals surface area contributed by atoms with Crippen LogP contribution in [0, 0.1) is 11.3 Å². The van der Waals surface area contributed by atoms with Crippen molar-refractivity contribution in [3.8, 4) is 28.7 Å². The molecule has 3 aromatic carbocycles. The number of rotatable bonds is 9. The summed E-state index contributed by atoms with van der Waals surface area (Å²) in [5, 5.41) is 13.1. The predicted molar refractivity (Wildman–Crippen MR) is 171 cm³/mol. The van der Waals surface area contributed by atoms with Gasteiger partial charge in [0.2, 0.25) is 0 Å². The monoisotopic (exact) mass is 646 g/mol. The minimum atomic E-state index is -4.71. The Hall–Kier alpha value is -4.86. The molecule has 0 aliphatic carbocycles. The minimum absolute atomic E-state index is 0.0399. The van der Waals surface area contributed by atoms with Crippen LogP contribution in [0.5, 0.6) is 11.5 Å². The molecule has 4 aromatic rings. The third-order valence-electron chi connectivity index (χ3n) is 6.74. The molecule has 0 spiro atoms. The Morgan fingerprint density at radius 1 is 1.07 bits per heavy atom. The van der Waals surface area contributed by atoms with Gasteiger partial charge >= 0.3 is 6.18 Å². The van der Waals surface area contributed by atoms with Gasteiger partial charge in [-0.1, -0.05) is 48.5 Å². The first-order chi connectivity index (χ1) is 21.6. The van der Waals surface area contributed by atoms with E-state index < -0.39 is 11.9 Å². The average Bonchev–Trinajstić information content (AvgIpc) is 3.31. The van der Waals surface area contributed by atoms with Crippen LogP contribution in [0.2, 0.25) is 0 Å². The summed E-state index contributed by atoms with van der Waals surface area (Å²) in [6.45, 7) is 2.25. The third kappa shape index (κ3) is 6.79. The van der Waals surface area contributed by atoms with Gasteiger partial charge in [-0.2, -0.15) is 18.4 Å². The lowest BCUT2D eigenvalue weighted by Gasteiger charge is -2.18. The first kappa shape index (κ1) is 31.6. The summed E-state index contributed by atoms with van der Waals surface area (Å²) in [6, 6.07) is 23.6. The number of methoxy groups -OCH3 is 1. The van der Waals surface area contributed by atoms with Crippen molar-refractivity contribution in [2.45, 2.75) is 23.9 Å². The highest BCUT2D eigenvalue weighted by atomic mass is 32.2. The van der Waals surface area contributed by atoms with Gasteiger partial charge in [0.05, 0.1) is 25.0 Å². The van der Waals surface area contributed by atoms with E-state index in [9.17, 15) is 23.2 Å². The van der Waals surface area contributed by atoms with Gasteiger partial charge in [0.25, 0.3) is 5.91 Å². The van der Waals surface area contributed by atoms with Gasteiger partial charge in [-0.15, -0.1) is 11.8 Å². The number of aromatic nitrogens is 1. The van der Waals surface area contributed by atoms with Crippen molar-refractivity contribution in [2.75, 3.05) is 18.6 Å². The fourth-order valence-corrected chi connectivity index (χ4v) is 5.98. The summed E-state index contributed by atoms with van der Waals surface area (Å²) >= 11 is 6.45. The fraction of sp³-hybridized carbons (Fsp3) is 0.152. The van der Waals surface area contributed by atoms with Crippen molar-refractivity contribution < 1.29 is 27.4 Å². The molecule has 0 radical (unpaired) electrons. The standard InChI is InChI=1S/C33H25F3N4O3S2/c1-3-43-28-12-8-7-11-26(28)40-31(41)25(38-32(40)44)16-20-13-14-27(42-2)22(15-20)19-45-30-24(18-37)23(21-9-5-4-6-10-21)17-29(39-30)33(34,35)36/h4-17H,3,19H2,1-2H3,(H,38,44)/b25-16+. The van der Waals surface area contributed by atoms with E-state index in [-0.39, 0.29) is 38.6 Å². The molecule has 1 aromatic heterocycles. The lowest BCUT2D eigenvalue weighted by Crippen LogP contribution is -2.30. The van der Waals surface area contributed by atoms with Gasteiger partial charge in [-0.3, -0.25) is 4.79 Å². The van der Waals surface area contributed by atoms with E-state index in [1.165, 1.54) is 12.0 Å². The Morgan fingerprint density at radius 3 is 2.49 bits per heavy atom. The van der Waals surface area contributed by atoms with Crippen LogP contribution >= 0.6 is 24.0 Å². The largest absolute Gasteiger partial charge is 0.496 e. The number of para-hydroxylation sites is 2. The predicted octanol–water partition coefficient (Wildman–Crippen LogP) is 7.60. The number of alkyl halides is 3. The van der Waals surface area contributed by atoms with Crippen LogP contribution in [0.25, 0.3) is 17.2 Å². The van der Waals surface area contributed by atoms with Gasteiger partial charge in [0.1, 0.15) is 34.0 Å². The van der Waals surface area contributed by atoms with Crippen molar-refractivity contribution in [1.29, 1.82) is 5.26 Å². The van der Waals surface area contributed by atoms with Gasteiger partial charge in [-0.25, -0.2) is 9.88 Å². The average molecular weight is 647 g/mol. The molecular weight excluding hydrogens is 622 g/mol. The van der Waals surface area contributed by atoms with E-state index in [4.69, 9.17) is 21.7 Å². The summed E-state index contributed by atoms with van der Waals surface area (Å²) < 4.78 is 52.7. The summed E-state index contributed by atoms with van der Waals surface area (Å²) in [7, 11) is 1.48. The Balaban J connectivity index is 1.46. The Kier molecular flexibility index (Phi) is 9.41. The highest BCUT2D eigenvalue weighted by molar-refractivity contribution is 7.98. The van der Waals surface area contributed by atoms with Crippen LogP contribution in [0.3, 0.4) is 0 Å². The Bertz CT molecular complexity index is 1840. The molecule has 228 valence electrons. The first-order valence-corrected chi connectivity index (χ1v) is 15.0. The Morgan fingerprint density at radius 2 is 1.80 bits per heavy atom. The molecule has 1 aliphatic heterocycles. The number of ether oxygens (including phenoxy) is 2. The lowest BCUT2D eigenvalue weighted by molar-refractivity contribution is -0.141. The van der Waals surface area contributed by atoms with E-state index in [0.717, 1.165) is 17.8 Å². The summed E-state index contributed by atoms with van der Waals surface area (Å²) in [5.74, 6) is 0.745. The maximum Gasteiger partial charge on any atom is 0.433 e. The van der Waals surface area contributed by atoms with Gasteiger partial charge in [0.15, 0.2) is 5.11 Å².